The van der Waals surface area contributed by atoms with Gasteiger partial charge in [0.05, 0.1) is 18.3 Å². The number of β-amino-alcohol motifs (C(OH)–C–C–N with tert-alkyl or cyclic N) is 1. The van der Waals surface area contributed by atoms with E-state index in [-0.39, 0.29) is 24.7 Å². The van der Waals surface area contributed by atoms with Gasteiger partial charge in [-0.05, 0) is 38.4 Å². The number of carbonyl (C=O) groups is 1. The van der Waals surface area contributed by atoms with Crippen molar-refractivity contribution in [1.82, 2.24) is 4.90 Å². The second kappa shape index (κ2) is 6.95. The van der Waals surface area contributed by atoms with Crippen molar-refractivity contribution in [1.29, 1.82) is 0 Å². The quantitative estimate of drug-likeness (QED) is 0.845. The van der Waals surface area contributed by atoms with Crippen LogP contribution in [-0.4, -0.2) is 41.7 Å². The number of carbonyl (C=O) groups excluding carboxylic acids is 1. The van der Waals surface area contributed by atoms with Gasteiger partial charge in [-0.1, -0.05) is 6.07 Å². The van der Waals surface area contributed by atoms with Crippen LogP contribution < -0.4 is 0 Å². The molecule has 0 aromatic heterocycles. The number of benzene rings is 1. The summed E-state index contributed by atoms with van der Waals surface area (Å²) >= 11 is 0. The number of esters is 1. The van der Waals surface area contributed by atoms with Crippen LogP contribution in [0.1, 0.15) is 31.4 Å². The van der Waals surface area contributed by atoms with E-state index in [1.54, 1.807) is 11.8 Å². The Hall–Kier alpha value is -1.53. The lowest BCUT2D eigenvalue weighted by atomic mass is 10.1. The van der Waals surface area contributed by atoms with Crippen molar-refractivity contribution in [3.8, 4) is 0 Å². The molecule has 1 saturated heterocycles. The fourth-order valence-corrected chi connectivity index (χ4v) is 2.69. The molecule has 0 aliphatic carbocycles. The third-order valence-electron chi connectivity index (χ3n) is 3.66. The largest absolute Gasteiger partial charge is 0.465 e. The molecule has 2 rings (SSSR count). The molecular formula is C15H19F2NO3. The maximum atomic E-state index is 13.6. The number of ether oxygens (including phenoxy) is 1. The standard InChI is InChI=1S/C15H19F2NO3/c1-2-21-15(20)12-7-4-8-18(12)9-13(19)14-10(16)5-3-6-11(14)17/h3,5-6,12-13,19H,2,4,7-9H2,1H3. The molecule has 1 aliphatic rings. The van der Waals surface area contributed by atoms with Crippen LogP contribution >= 0.6 is 0 Å². The summed E-state index contributed by atoms with van der Waals surface area (Å²) in [5, 5.41) is 10.1. The minimum absolute atomic E-state index is 0.00132. The molecule has 1 aromatic rings. The van der Waals surface area contributed by atoms with Crippen LogP contribution in [0.3, 0.4) is 0 Å². The lowest BCUT2D eigenvalue weighted by molar-refractivity contribution is -0.148. The van der Waals surface area contributed by atoms with Gasteiger partial charge >= 0.3 is 5.97 Å². The first kappa shape index (κ1) is 15.9. The summed E-state index contributed by atoms with van der Waals surface area (Å²) in [4.78, 5) is 13.5. The first-order chi connectivity index (χ1) is 10.0. The fourth-order valence-electron chi connectivity index (χ4n) is 2.69. The van der Waals surface area contributed by atoms with Gasteiger partial charge < -0.3 is 9.84 Å². The number of likely N-dealkylation sites (tertiary alicyclic amines) is 1. The fraction of sp³-hybridized carbons (Fsp3) is 0.533. The Morgan fingerprint density at radius 3 is 2.76 bits per heavy atom. The number of hydrogen-bond donors (Lipinski definition) is 1. The van der Waals surface area contributed by atoms with E-state index in [1.807, 2.05) is 0 Å². The van der Waals surface area contributed by atoms with Crippen LogP contribution in [0.15, 0.2) is 18.2 Å². The smallest absolute Gasteiger partial charge is 0.323 e. The van der Waals surface area contributed by atoms with E-state index in [9.17, 15) is 18.7 Å². The number of halogens is 2. The van der Waals surface area contributed by atoms with Crippen molar-refractivity contribution in [2.24, 2.45) is 0 Å². The monoisotopic (exact) mass is 299 g/mol. The molecule has 1 aromatic carbocycles. The molecule has 21 heavy (non-hydrogen) atoms. The summed E-state index contributed by atoms with van der Waals surface area (Å²) in [6.07, 6.45) is 0.0996. The zero-order chi connectivity index (χ0) is 15.4. The van der Waals surface area contributed by atoms with Crippen molar-refractivity contribution in [2.45, 2.75) is 31.9 Å². The summed E-state index contributed by atoms with van der Waals surface area (Å²) in [5.41, 5.74) is -0.355. The molecular weight excluding hydrogens is 280 g/mol. The van der Waals surface area contributed by atoms with Crippen molar-refractivity contribution in [3.63, 3.8) is 0 Å². The highest BCUT2D eigenvalue weighted by Gasteiger charge is 2.34. The molecule has 0 spiro atoms. The Morgan fingerprint density at radius 1 is 1.48 bits per heavy atom. The second-order valence-electron chi connectivity index (χ2n) is 5.06. The van der Waals surface area contributed by atoms with Gasteiger partial charge in [-0.25, -0.2) is 8.78 Å². The van der Waals surface area contributed by atoms with Crippen LogP contribution in [0.2, 0.25) is 0 Å². The van der Waals surface area contributed by atoms with Crippen LogP contribution in [0.25, 0.3) is 0 Å². The Bertz CT molecular complexity index is 489. The lowest BCUT2D eigenvalue weighted by Crippen LogP contribution is -2.39. The van der Waals surface area contributed by atoms with Crippen molar-refractivity contribution >= 4 is 5.97 Å². The molecule has 2 atom stereocenters. The van der Waals surface area contributed by atoms with E-state index >= 15 is 0 Å². The molecule has 1 N–H and O–H groups in total. The minimum Gasteiger partial charge on any atom is -0.465 e. The molecule has 0 bridgehead atoms. The van der Waals surface area contributed by atoms with Crippen LogP contribution in [0.4, 0.5) is 8.78 Å². The Morgan fingerprint density at radius 2 is 2.14 bits per heavy atom. The van der Waals surface area contributed by atoms with Crippen LogP contribution in [0, 0.1) is 11.6 Å². The maximum Gasteiger partial charge on any atom is 0.323 e. The van der Waals surface area contributed by atoms with Gasteiger partial charge in [0.1, 0.15) is 17.7 Å². The Labute approximate surface area is 122 Å². The molecule has 2 unspecified atom stereocenters. The third-order valence-corrected chi connectivity index (χ3v) is 3.66. The maximum absolute atomic E-state index is 13.6. The SMILES string of the molecule is CCOC(=O)C1CCCN1CC(O)c1c(F)cccc1F. The summed E-state index contributed by atoms with van der Waals surface area (Å²) in [6.45, 7) is 2.60. The van der Waals surface area contributed by atoms with E-state index in [0.717, 1.165) is 18.6 Å². The van der Waals surface area contributed by atoms with Crippen molar-refractivity contribution in [2.75, 3.05) is 19.7 Å². The number of aliphatic hydroxyl groups is 1. The molecule has 4 nitrogen and oxygen atoms in total. The molecule has 1 fully saturated rings. The van der Waals surface area contributed by atoms with Crippen LogP contribution in [-0.2, 0) is 9.53 Å². The Balaban J connectivity index is 2.08. The van der Waals surface area contributed by atoms with Gasteiger partial charge in [0.25, 0.3) is 0 Å². The average Bonchev–Trinajstić information content (AvgIpc) is 2.87. The average molecular weight is 299 g/mol. The predicted molar refractivity (Wildman–Crippen MR) is 72.5 cm³/mol. The summed E-state index contributed by atoms with van der Waals surface area (Å²) in [7, 11) is 0. The van der Waals surface area contributed by atoms with Crippen molar-refractivity contribution in [3.05, 3.63) is 35.4 Å². The molecule has 0 amide bonds. The van der Waals surface area contributed by atoms with Gasteiger partial charge in [0.15, 0.2) is 0 Å². The van der Waals surface area contributed by atoms with E-state index in [1.165, 1.54) is 6.07 Å². The first-order valence-corrected chi connectivity index (χ1v) is 7.07. The predicted octanol–water partition coefficient (Wildman–Crippen LogP) is 2.03. The topological polar surface area (TPSA) is 49.8 Å². The second-order valence-corrected chi connectivity index (χ2v) is 5.06. The van der Waals surface area contributed by atoms with Crippen molar-refractivity contribution < 1.29 is 23.4 Å². The first-order valence-electron chi connectivity index (χ1n) is 7.07. The van der Waals surface area contributed by atoms with E-state index in [2.05, 4.69) is 0 Å². The van der Waals surface area contributed by atoms with E-state index in [4.69, 9.17) is 4.74 Å². The van der Waals surface area contributed by atoms with Gasteiger partial charge in [0, 0.05) is 6.54 Å². The van der Waals surface area contributed by atoms with Gasteiger partial charge in [-0.15, -0.1) is 0 Å². The number of hydrogen-bond acceptors (Lipinski definition) is 4. The highest BCUT2D eigenvalue weighted by Crippen LogP contribution is 2.25. The molecule has 116 valence electrons. The normalized spacial score (nSPS) is 20.5. The van der Waals surface area contributed by atoms with Crippen LogP contribution in [0.5, 0.6) is 0 Å². The molecule has 6 heteroatoms. The number of rotatable bonds is 5. The molecule has 1 aliphatic heterocycles. The minimum atomic E-state index is -1.32. The molecule has 0 radical (unpaired) electrons. The summed E-state index contributed by atoms with van der Waals surface area (Å²) < 4.78 is 32.3. The van der Waals surface area contributed by atoms with Gasteiger partial charge in [-0.2, -0.15) is 0 Å². The zero-order valence-corrected chi connectivity index (χ0v) is 11.9. The van der Waals surface area contributed by atoms with E-state index < -0.39 is 23.8 Å². The Kier molecular flexibility index (Phi) is 5.25. The highest BCUT2D eigenvalue weighted by molar-refractivity contribution is 5.76. The van der Waals surface area contributed by atoms with Gasteiger partial charge in [0.2, 0.25) is 0 Å². The lowest BCUT2D eigenvalue weighted by Gasteiger charge is -2.25. The molecule has 1 heterocycles. The van der Waals surface area contributed by atoms with Gasteiger partial charge in [-0.3, -0.25) is 9.69 Å². The number of nitrogens with zero attached hydrogens (tertiary/aromatic N) is 1. The highest BCUT2D eigenvalue weighted by atomic mass is 19.1. The van der Waals surface area contributed by atoms with E-state index in [0.29, 0.717) is 13.0 Å². The summed E-state index contributed by atoms with van der Waals surface area (Å²) in [6, 6.07) is 3.01. The summed E-state index contributed by atoms with van der Waals surface area (Å²) in [5.74, 6) is -1.92. The molecule has 0 saturated carbocycles. The third kappa shape index (κ3) is 3.57. The zero-order valence-electron chi connectivity index (χ0n) is 11.9. The number of aliphatic hydroxyl groups excluding tert-OH is 1.